The van der Waals surface area contributed by atoms with Gasteiger partial charge in [-0.2, -0.15) is 13.2 Å². The summed E-state index contributed by atoms with van der Waals surface area (Å²) in [4.78, 5) is 13.0. The van der Waals surface area contributed by atoms with E-state index in [2.05, 4.69) is 20.8 Å². The van der Waals surface area contributed by atoms with Crippen LogP contribution in [0.5, 0.6) is 0 Å². The number of halogens is 3. The van der Waals surface area contributed by atoms with Gasteiger partial charge in [-0.3, -0.25) is 4.79 Å². The first-order chi connectivity index (χ1) is 12.3. The molecule has 1 saturated carbocycles. The van der Waals surface area contributed by atoms with Crippen LogP contribution in [0.15, 0.2) is 0 Å². The van der Waals surface area contributed by atoms with Crippen molar-refractivity contribution in [3.63, 3.8) is 0 Å². The molecule has 0 spiro atoms. The summed E-state index contributed by atoms with van der Waals surface area (Å²) >= 11 is 0. The Balaban J connectivity index is 2.75. The van der Waals surface area contributed by atoms with Gasteiger partial charge in [0, 0.05) is 6.04 Å². The number of ether oxygens (including phenoxy) is 1. The molecule has 0 saturated heterocycles. The first-order valence-corrected chi connectivity index (χ1v) is 11.1. The Kier molecular flexibility index (Phi) is 7.32. The van der Waals surface area contributed by atoms with Crippen LogP contribution < -0.4 is 4.72 Å². The summed E-state index contributed by atoms with van der Waals surface area (Å²) in [5, 5.41) is 0. The zero-order valence-corrected chi connectivity index (χ0v) is 18.7. The predicted molar refractivity (Wildman–Crippen MR) is 102 cm³/mol. The van der Waals surface area contributed by atoms with Crippen molar-refractivity contribution >= 4 is 16.0 Å². The molecule has 0 bridgehead atoms. The number of nitrogens with one attached hydrogen (secondary N) is 1. The topological polar surface area (TPSA) is 72.5 Å². The third kappa shape index (κ3) is 6.34. The Bertz CT molecular complexity index is 654. The van der Waals surface area contributed by atoms with Crippen molar-refractivity contribution in [2.45, 2.75) is 98.2 Å². The fraction of sp³-hybridized carbons (Fsp3) is 0.947. The van der Waals surface area contributed by atoms with Crippen LogP contribution in [0.4, 0.5) is 13.2 Å². The smallest absolute Gasteiger partial charge is 0.462 e. The molecule has 5 nitrogen and oxygen atoms in total. The minimum Gasteiger partial charge on any atom is -0.462 e. The molecule has 1 unspecified atom stereocenters. The van der Waals surface area contributed by atoms with Crippen molar-refractivity contribution in [3.8, 4) is 0 Å². The third-order valence-electron chi connectivity index (χ3n) is 5.56. The van der Waals surface area contributed by atoms with Gasteiger partial charge >= 0.3 is 21.5 Å². The minimum atomic E-state index is -5.36. The van der Waals surface area contributed by atoms with Gasteiger partial charge in [0.1, 0.15) is 6.10 Å². The molecule has 1 atom stereocenters. The lowest BCUT2D eigenvalue weighted by Gasteiger charge is -2.44. The molecule has 0 amide bonds. The van der Waals surface area contributed by atoms with Crippen molar-refractivity contribution in [2.24, 2.45) is 16.2 Å². The number of esters is 1. The van der Waals surface area contributed by atoms with Crippen LogP contribution in [0.3, 0.4) is 0 Å². The lowest BCUT2D eigenvalue weighted by atomic mass is 9.61. The van der Waals surface area contributed by atoms with Gasteiger partial charge in [0.25, 0.3) is 0 Å². The molecule has 1 N–H and O–H groups in total. The van der Waals surface area contributed by atoms with Crippen molar-refractivity contribution in [3.05, 3.63) is 0 Å². The van der Waals surface area contributed by atoms with Gasteiger partial charge in [0.15, 0.2) is 0 Å². The van der Waals surface area contributed by atoms with Crippen LogP contribution in [-0.4, -0.2) is 32.0 Å². The molecule has 28 heavy (non-hydrogen) atoms. The van der Waals surface area contributed by atoms with Crippen molar-refractivity contribution in [1.29, 1.82) is 0 Å². The number of rotatable bonds is 5. The van der Waals surface area contributed by atoms with E-state index in [1.807, 2.05) is 27.7 Å². The molecule has 0 radical (unpaired) electrons. The number of carbonyl (C=O) groups is 1. The van der Waals surface area contributed by atoms with Gasteiger partial charge in [-0.05, 0) is 49.9 Å². The highest BCUT2D eigenvalue weighted by Crippen LogP contribution is 2.48. The Morgan fingerprint density at radius 2 is 1.43 bits per heavy atom. The van der Waals surface area contributed by atoms with E-state index in [-0.39, 0.29) is 29.6 Å². The summed E-state index contributed by atoms with van der Waals surface area (Å²) in [6.45, 7) is 14.0. The zero-order chi connectivity index (χ0) is 22.2. The van der Waals surface area contributed by atoms with E-state index in [1.54, 1.807) is 4.72 Å². The Morgan fingerprint density at radius 1 is 0.964 bits per heavy atom. The molecule has 166 valence electrons. The second kappa shape index (κ2) is 8.13. The molecule has 1 aliphatic carbocycles. The third-order valence-corrected chi connectivity index (χ3v) is 6.82. The molecule has 0 aromatic rings. The molecule has 0 aromatic carbocycles. The van der Waals surface area contributed by atoms with Crippen LogP contribution >= 0.6 is 0 Å². The fourth-order valence-corrected chi connectivity index (χ4v) is 4.38. The highest BCUT2D eigenvalue weighted by molar-refractivity contribution is 7.90. The maximum absolute atomic E-state index is 13.0. The highest BCUT2D eigenvalue weighted by atomic mass is 32.2. The number of alkyl halides is 3. The van der Waals surface area contributed by atoms with Crippen molar-refractivity contribution in [2.75, 3.05) is 0 Å². The van der Waals surface area contributed by atoms with Crippen LogP contribution in [0, 0.1) is 16.2 Å². The number of sulfonamides is 1. The van der Waals surface area contributed by atoms with Gasteiger partial charge < -0.3 is 4.74 Å². The van der Waals surface area contributed by atoms with E-state index in [0.29, 0.717) is 19.3 Å². The zero-order valence-electron chi connectivity index (χ0n) is 17.9. The van der Waals surface area contributed by atoms with Gasteiger partial charge in [-0.15, -0.1) is 0 Å². The van der Waals surface area contributed by atoms with E-state index >= 15 is 0 Å². The van der Waals surface area contributed by atoms with Crippen LogP contribution in [0.2, 0.25) is 0 Å². The van der Waals surface area contributed by atoms with Crippen molar-refractivity contribution < 1.29 is 31.1 Å². The van der Waals surface area contributed by atoms with Crippen LogP contribution in [-0.2, 0) is 19.6 Å². The summed E-state index contributed by atoms with van der Waals surface area (Å²) < 4.78 is 67.4. The molecule has 0 aliphatic heterocycles. The summed E-state index contributed by atoms with van der Waals surface area (Å²) in [7, 11) is -5.36. The molecule has 0 aromatic heterocycles. The SMILES string of the molecule is CC(C)(C)CC(C)(C(=O)OC1CCC(NS(=O)(=O)C(F)(F)F)CC1)C(C)(C)C. The summed E-state index contributed by atoms with van der Waals surface area (Å²) in [6.07, 6.45) is 1.25. The second-order valence-electron chi connectivity index (χ2n) is 10.3. The molecule has 1 aliphatic rings. The Morgan fingerprint density at radius 3 is 1.79 bits per heavy atom. The first kappa shape index (κ1) is 25.2. The van der Waals surface area contributed by atoms with Crippen LogP contribution in [0.25, 0.3) is 0 Å². The Hall–Kier alpha value is -0.830. The highest BCUT2D eigenvalue weighted by Gasteiger charge is 2.49. The van der Waals surface area contributed by atoms with E-state index in [0.717, 1.165) is 0 Å². The first-order valence-electron chi connectivity index (χ1n) is 9.58. The monoisotopic (exact) mass is 429 g/mol. The quantitative estimate of drug-likeness (QED) is 0.639. The maximum atomic E-state index is 13.0. The largest absolute Gasteiger partial charge is 0.511 e. The van der Waals surface area contributed by atoms with Crippen molar-refractivity contribution in [1.82, 2.24) is 4.72 Å². The Labute approximate surface area is 166 Å². The molecule has 1 rings (SSSR count). The number of carbonyl (C=O) groups excluding carboxylic acids is 1. The summed E-state index contributed by atoms with van der Waals surface area (Å²) in [5.41, 5.74) is -6.47. The van der Waals surface area contributed by atoms with E-state index in [9.17, 15) is 26.4 Å². The molecule has 9 heteroatoms. The van der Waals surface area contributed by atoms with E-state index in [4.69, 9.17) is 4.74 Å². The van der Waals surface area contributed by atoms with E-state index < -0.39 is 33.1 Å². The molecule has 1 fully saturated rings. The normalized spacial score (nSPS) is 24.5. The number of hydrogen-bond acceptors (Lipinski definition) is 4. The van der Waals surface area contributed by atoms with Gasteiger partial charge in [0.05, 0.1) is 5.41 Å². The second-order valence-corrected chi connectivity index (χ2v) is 12.0. The van der Waals surface area contributed by atoms with Gasteiger partial charge in [-0.25, -0.2) is 13.1 Å². The predicted octanol–water partition coefficient (Wildman–Crippen LogP) is 4.77. The van der Waals surface area contributed by atoms with Gasteiger partial charge in [-0.1, -0.05) is 41.5 Å². The van der Waals surface area contributed by atoms with E-state index in [1.165, 1.54) is 0 Å². The lowest BCUT2D eigenvalue weighted by Crippen LogP contribution is -2.47. The standard InChI is InChI=1S/C19H34F3NO4S/c1-16(2,3)12-18(7,17(4,5)6)15(24)27-14-10-8-13(9-11-14)23-28(25,26)19(20,21)22/h13-14,23H,8-12H2,1-7H3. The lowest BCUT2D eigenvalue weighted by molar-refractivity contribution is -0.172. The fourth-order valence-electron chi connectivity index (χ4n) is 3.57. The minimum absolute atomic E-state index is 0.0887. The molecule has 0 heterocycles. The summed E-state index contributed by atoms with van der Waals surface area (Å²) in [6, 6.07) is -0.801. The van der Waals surface area contributed by atoms with Gasteiger partial charge in [0.2, 0.25) is 0 Å². The molecular formula is C19H34F3NO4S. The molecular weight excluding hydrogens is 395 g/mol. The van der Waals surface area contributed by atoms with Crippen LogP contribution in [0.1, 0.15) is 80.6 Å². The average Bonchev–Trinajstić information content (AvgIpc) is 2.44. The maximum Gasteiger partial charge on any atom is 0.511 e. The average molecular weight is 430 g/mol. The number of hydrogen-bond donors (Lipinski definition) is 1. The summed E-state index contributed by atoms with van der Waals surface area (Å²) in [5.74, 6) is -0.311.